The van der Waals surface area contributed by atoms with Gasteiger partial charge >= 0.3 is 5.69 Å². The zero-order valence-electron chi connectivity index (χ0n) is 27.8. The van der Waals surface area contributed by atoms with E-state index >= 15 is 0 Å². The first-order chi connectivity index (χ1) is 26.3. The summed E-state index contributed by atoms with van der Waals surface area (Å²) in [5.74, 6) is -0.0670. The van der Waals surface area contributed by atoms with E-state index in [2.05, 4.69) is 51.3 Å². The molecular formula is C20H24N10O22P5-5. The summed E-state index contributed by atoms with van der Waals surface area (Å²) in [5, 5.41) is 24.2. The zero-order valence-corrected chi connectivity index (χ0v) is 32.3. The number of anilines is 1. The highest BCUT2D eigenvalue weighted by molar-refractivity contribution is 7.70. The standard InChI is InChI=1S/C20H29N10O22P5/c1-8-3-29(20(34)26-18(8)33)12-2-9(27-28-22)10(47-12)4-45-53(35,36)49-55(39,40)51-57(43,44)52-56(41,42)50-54(37,38)46-5-11-14(31)15(32)19(48-11)30-7-25-13-16(21)23-6-24-17(13)30/h3,6-7,9-12,14-15,19,31-32H,2,4-5H2,1H3,(H,35,36)(H,37,38)(H,39,40)(H,41,42)(H,43,44)(H2,21,23,24)(H,26,33,34)/p-5. The van der Waals surface area contributed by atoms with Crippen molar-refractivity contribution in [2.45, 2.75) is 56.3 Å². The summed E-state index contributed by atoms with van der Waals surface area (Å²) in [6.07, 6.45) is -6.92. The SMILES string of the molecule is Cc1cn(C2CC(N=[N+]=[N-])C(COP(=O)([O-])OP(=O)([O-])OP(=O)([O-])OP(=O)([O-])OP(=O)([O-])OCC3OC(n4cnc5c(N)ncnc54)C(O)C3O)O2)c(=O)[nH]c1=O. The third-order valence-electron chi connectivity index (χ3n) is 7.45. The van der Waals surface area contributed by atoms with Gasteiger partial charge in [0.1, 0.15) is 36.4 Å². The minimum atomic E-state index is -6.88. The quantitative estimate of drug-likeness (QED) is 0.0438. The van der Waals surface area contributed by atoms with Crippen molar-refractivity contribution in [3.8, 4) is 0 Å². The van der Waals surface area contributed by atoms with E-state index in [-0.39, 0.29) is 29.0 Å². The Labute approximate surface area is 314 Å². The van der Waals surface area contributed by atoms with E-state index in [9.17, 15) is 67.1 Å². The zero-order chi connectivity index (χ0) is 42.3. The summed E-state index contributed by atoms with van der Waals surface area (Å²) < 4.78 is 95.9. The Bertz CT molecular complexity index is 2420. The van der Waals surface area contributed by atoms with Crippen LogP contribution in [0, 0.1) is 6.92 Å². The number of aliphatic hydroxyl groups excluding tert-OH is 2. The molecule has 3 aromatic heterocycles. The third-order valence-corrected chi connectivity index (χ3v) is 14.8. The van der Waals surface area contributed by atoms with E-state index in [0.29, 0.717) is 0 Å². The number of nitrogen functional groups attached to an aromatic ring is 1. The van der Waals surface area contributed by atoms with Gasteiger partial charge in [0.2, 0.25) is 0 Å². The topological polar surface area (TPSA) is 488 Å². The highest BCUT2D eigenvalue weighted by Gasteiger charge is 2.45. The fraction of sp³-hybridized carbons (Fsp3) is 0.550. The van der Waals surface area contributed by atoms with Crippen molar-refractivity contribution in [3.05, 3.63) is 55.7 Å². The van der Waals surface area contributed by atoms with Gasteiger partial charge in [0, 0.05) is 23.1 Å². The molecule has 12 atom stereocenters. The Balaban J connectivity index is 1.14. The maximum Gasteiger partial charge on any atom is 0.330 e. The average molecular weight is 911 g/mol. The number of rotatable bonds is 17. The number of aromatic nitrogens is 6. The molecule has 0 bridgehead atoms. The van der Waals surface area contributed by atoms with Crippen LogP contribution in [0.2, 0.25) is 0 Å². The molecule has 0 aromatic carbocycles. The van der Waals surface area contributed by atoms with Crippen molar-refractivity contribution in [3.63, 3.8) is 0 Å². The van der Waals surface area contributed by atoms with Crippen LogP contribution in [-0.4, -0.2) is 83.0 Å². The van der Waals surface area contributed by atoms with Crippen LogP contribution in [0.4, 0.5) is 5.82 Å². The highest BCUT2D eigenvalue weighted by Crippen LogP contribution is 2.69. The Morgan fingerprint density at radius 2 is 1.46 bits per heavy atom. The lowest BCUT2D eigenvalue weighted by Crippen LogP contribution is -2.34. The van der Waals surface area contributed by atoms with Crippen LogP contribution in [0.15, 0.2) is 33.6 Å². The number of H-pyrrole nitrogens is 1. The molecule has 12 unspecified atom stereocenters. The minimum absolute atomic E-state index is 0.0119. The number of imidazole rings is 1. The molecule has 2 aliphatic rings. The Morgan fingerprint density at radius 3 is 2.04 bits per heavy atom. The smallest absolute Gasteiger partial charge is 0.330 e. The summed E-state index contributed by atoms with van der Waals surface area (Å²) in [4.78, 5) is 101. The van der Waals surface area contributed by atoms with Crippen LogP contribution in [-0.2, 0) is 58.6 Å². The first-order valence-electron chi connectivity index (χ1n) is 15.0. The summed E-state index contributed by atoms with van der Waals surface area (Å²) in [7, 11) is -32.9. The van der Waals surface area contributed by atoms with Gasteiger partial charge < -0.3 is 58.9 Å². The van der Waals surface area contributed by atoms with Crippen molar-refractivity contribution in [2.75, 3.05) is 18.9 Å². The maximum absolute atomic E-state index is 12.2. The van der Waals surface area contributed by atoms with Crippen molar-refractivity contribution < 1.29 is 93.3 Å². The molecule has 0 radical (unpaired) electrons. The first-order valence-corrected chi connectivity index (χ1v) is 22.3. The molecule has 0 saturated carbocycles. The predicted octanol–water partition coefficient (Wildman–Crippen LogP) is -3.71. The number of nitrogens with two attached hydrogens (primary N) is 1. The van der Waals surface area contributed by atoms with Gasteiger partial charge in [-0.25, -0.2) is 37.0 Å². The van der Waals surface area contributed by atoms with Gasteiger partial charge in [-0.1, -0.05) is 5.11 Å². The summed E-state index contributed by atoms with van der Waals surface area (Å²) in [5.41, 5.74) is 13.0. The largest absolute Gasteiger partial charge is 0.756 e. The summed E-state index contributed by atoms with van der Waals surface area (Å²) >= 11 is 0. The number of aliphatic hydroxyl groups is 2. The molecule has 0 spiro atoms. The molecule has 0 amide bonds. The maximum atomic E-state index is 12.2. The number of hydrogen-bond acceptors (Lipinski definition) is 27. The number of aromatic amines is 1. The molecule has 3 aromatic rings. The second-order valence-electron chi connectivity index (χ2n) is 11.4. The van der Waals surface area contributed by atoms with E-state index in [4.69, 9.17) is 20.7 Å². The Morgan fingerprint density at radius 1 is 0.895 bits per heavy atom. The van der Waals surface area contributed by atoms with Gasteiger partial charge in [-0.2, -0.15) is 0 Å². The highest BCUT2D eigenvalue weighted by atomic mass is 31.3. The summed E-state index contributed by atoms with van der Waals surface area (Å²) in [6.45, 7) is -1.18. The number of azide groups is 1. The van der Waals surface area contributed by atoms with E-state index in [1.165, 1.54) is 6.92 Å². The number of phosphoric acid groups is 5. The van der Waals surface area contributed by atoms with Crippen LogP contribution in [0.3, 0.4) is 0 Å². The van der Waals surface area contributed by atoms with Crippen molar-refractivity contribution in [2.24, 2.45) is 5.11 Å². The molecule has 32 nitrogen and oxygen atoms in total. The molecule has 316 valence electrons. The normalized spacial score (nSPS) is 29.1. The lowest BCUT2D eigenvalue weighted by molar-refractivity contribution is -0.256. The minimum Gasteiger partial charge on any atom is -0.756 e. The monoisotopic (exact) mass is 911 g/mol. The van der Waals surface area contributed by atoms with Crippen LogP contribution >= 0.6 is 39.1 Å². The molecule has 0 aliphatic carbocycles. The van der Waals surface area contributed by atoms with Crippen LogP contribution in [0.1, 0.15) is 24.4 Å². The molecule has 5 N–H and O–H groups in total. The van der Waals surface area contributed by atoms with Crippen molar-refractivity contribution in [1.82, 2.24) is 29.1 Å². The third kappa shape index (κ3) is 11.1. The second-order valence-corrected chi connectivity index (χ2v) is 19.0. The van der Waals surface area contributed by atoms with Crippen molar-refractivity contribution in [1.29, 1.82) is 0 Å². The Kier molecular flexibility index (Phi) is 13.3. The molecule has 2 aliphatic heterocycles. The van der Waals surface area contributed by atoms with Gasteiger partial charge in [-0.05, 0) is 12.5 Å². The van der Waals surface area contributed by atoms with E-state index in [0.717, 1.165) is 28.0 Å². The number of nitrogens with one attached hydrogen (secondary N) is 1. The van der Waals surface area contributed by atoms with Gasteiger partial charge in [-0.3, -0.25) is 41.7 Å². The Hall–Kier alpha value is -3.11. The van der Waals surface area contributed by atoms with E-state index < -0.39 is 106 Å². The van der Waals surface area contributed by atoms with Crippen LogP contribution < -0.4 is 41.4 Å². The van der Waals surface area contributed by atoms with Gasteiger partial charge in [0.25, 0.3) is 44.7 Å². The number of hydrogen-bond donors (Lipinski definition) is 4. The second kappa shape index (κ2) is 16.9. The fourth-order valence-corrected chi connectivity index (χ4v) is 11.2. The first kappa shape index (κ1) is 45.0. The number of phosphoric ester groups is 2. The molecule has 37 heteroatoms. The molecular weight excluding hydrogens is 887 g/mol. The van der Waals surface area contributed by atoms with Gasteiger partial charge in [0.05, 0.1) is 31.7 Å². The van der Waals surface area contributed by atoms with Crippen molar-refractivity contribution >= 4 is 56.1 Å². The lowest BCUT2D eigenvalue weighted by atomic mass is 10.1. The molecule has 2 saturated heterocycles. The molecule has 5 rings (SSSR count). The van der Waals surface area contributed by atoms with E-state index in [1.807, 2.05) is 4.98 Å². The number of fused-ring (bicyclic) bond motifs is 1. The molecule has 2 fully saturated rings. The average Bonchev–Trinajstić information content (AvgIpc) is 3.75. The molecule has 57 heavy (non-hydrogen) atoms. The number of nitrogens with zero attached hydrogens (tertiary/aromatic N) is 8. The van der Waals surface area contributed by atoms with Crippen LogP contribution in [0.5, 0.6) is 0 Å². The lowest BCUT2D eigenvalue weighted by Gasteiger charge is -2.37. The van der Waals surface area contributed by atoms with Gasteiger partial charge in [-0.15, -0.1) is 0 Å². The predicted molar refractivity (Wildman–Crippen MR) is 167 cm³/mol. The molecule has 5 heterocycles. The number of ether oxygens (including phenoxy) is 2. The van der Waals surface area contributed by atoms with Crippen LogP contribution in [0.25, 0.3) is 21.6 Å². The number of aryl methyl sites for hydroxylation is 1. The fourth-order valence-electron chi connectivity index (χ4n) is 5.09. The van der Waals surface area contributed by atoms with Gasteiger partial charge in [0.15, 0.2) is 17.7 Å². The summed E-state index contributed by atoms with van der Waals surface area (Å²) in [6, 6.07) is -1.28. The van der Waals surface area contributed by atoms with E-state index in [1.54, 1.807) is 0 Å².